The summed E-state index contributed by atoms with van der Waals surface area (Å²) in [6.07, 6.45) is 4.43. The molecule has 0 aliphatic heterocycles. The van der Waals surface area contributed by atoms with Crippen LogP contribution in [0.15, 0.2) is 77.7 Å². The number of para-hydroxylation sites is 1. The normalized spacial score (nSPS) is 19.8. The molecule has 1 unspecified atom stereocenters. The topological polar surface area (TPSA) is 63.2 Å². The van der Waals surface area contributed by atoms with Crippen molar-refractivity contribution in [1.29, 1.82) is 0 Å². The maximum Gasteiger partial charge on any atom is 0.228 e. The molecule has 3 atom stereocenters. The van der Waals surface area contributed by atoms with E-state index >= 15 is 0 Å². The van der Waals surface area contributed by atoms with E-state index in [2.05, 4.69) is 5.32 Å². The van der Waals surface area contributed by atoms with Crippen LogP contribution in [0, 0.1) is 5.92 Å². The third-order valence-corrected chi connectivity index (χ3v) is 6.79. The molecule has 3 aromatic carbocycles. The lowest BCUT2D eigenvalue weighted by molar-refractivity contribution is -0.124. The number of carbonyl (C=O) groups is 3. The van der Waals surface area contributed by atoms with Crippen LogP contribution in [0.5, 0.6) is 0 Å². The van der Waals surface area contributed by atoms with Gasteiger partial charge in [-0.2, -0.15) is 0 Å². The van der Waals surface area contributed by atoms with Gasteiger partial charge in [-0.15, -0.1) is 11.8 Å². The molecule has 0 saturated heterocycles. The summed E-state index contributed by atoms with van der Waals surface area (Å²) in [4.78, 5) is 37.0. The molecule has 0 radical (unpaired) electrons. The molecule has 1 fully saturated rings. The number of amides is 1. The largest absolute Gasteiger partial charge is 0.325 e. The van der Waals surface area contributed by atoms with Crippen LogP contribution >= 0.6 is 11.8 Å². The predicted octanol–water partition coefficient (Wildman–Crippen LogP) is 5.56. The van der Waals surface area contributed by atoms with Gasteiger partial charge in [0.1, 0.15) is 12.6 Å². The molecule has 0 bridgehead atoms. The zero-order chi connectivity index (χ0) is 21.8. The molecule has 1 aliphatic carbocycles. The van der Waals surface area contributed by atoms with E-state index in [1.807, 2.05) is 66.9 Å². The molecule has 31 heavy (non-hydrogen) atoms. The van der Waals surface area contributed by atoms with Crippen molar-refractivity contribution < 1.29 is 14.4 Å². The van der Waals surface area contributed by atoms with Gasteiger partial charge in [0.2, 0.25) is 5.91 Å². The average molecular weight is 430 g/mol. The number of anilines is 1. The smallest absolute Gasteiger partial charge is 0.228 e. The molecule has 4 rings (SSSR count). The van der Waals surface area contributed by atoms with Crippen LogP contribution in [-0.2, 0) is 4.79 Å². The van der Waals surface area contributed by atoms with E-state index in [0.717, 1.165) is 40.7 Å². The van der Waals surface area contributed by atoms with Gasteiger partial charge in [-0.25, -0.2) is 0 Å². The van der Waals surface area contributed by atoms with Crippen molar-refractivity contribution in [3.8, 4) is 0 Å². The zero-order valence-corrected chi connectivity index (χ0v) is 18.0. The van der Waals surface area contributed by atoms with Crippen LogP contribution in [0.4, 0.5) is 5.69 Å². The van der Waals surface area contributed by atoms with E-state index in [9.17, 15) is 14.4 Å². The summed E-state index contributed by atoms with van der Waals surface area (Å²) < 4.78 is 0. The molecule has 0 aromatic heterocycles. The molecular weight excluding hydrogens is 406 g/mol. The van der Waals surface area contributed by atoms with Crippen LogP contribution in [-0.4, -0.2) is 24.7 Å². The maximum atomic E-state index is 13.5. The van der Waals surface area contributed by atoms with Crippen LogP contribution in [0.1, 0.15) is 50.1 Å². The van der Waals surface area contributed by atoms with Crippen molar-refractivity contribution in [2.75, 3.05) is 11.6 Å². The fraction of sp³-hybridized carbons (Fsp3) is 0.192. The monoisotopic (exact) mass is 429 g/mol. The summed E-state index contributed by atoms with van der Waals surface area (Å²) in [5, 5.41) is 3.12. The third-order valence-electron chi connectivity index (χ3n) is 5.99. The van der Waals surface area contributed by atoms with E-state index in [1.165, 1.54) is 0 Å². The number of aldehydes is 2. The van der Waals surface area contributed by atoms with Gasteiger partial charge < -0.3 is 5.32 Å². The first kappa shape index (κ1) is 21.1. The third kappa shape index (κ3) is 4.32. The van der Waals surface area contributed by atoms with Crippen LogP contribution < -0.4 is 5.32 Å². The Hall–Kier alpha value is -3.18. The maximum absolute atomic E-state index is 13.5. The Morgan fingerprint density at radius 2 is 1.45 bits per heavy atom. The van der Waals surface area contributed by atoms with E-state index in [-0.39, 0.29) is 23.7 Å². The standard InChI is InChI=1S/C26H23NO3S/c1-31-24-11-3-2-10-23(24)27-26(30)25-21(19-8-4-6-17(12-19)15-28)14-22(25)20-9-5-7-18(13-20)16-29/h2-13,15-16,21-22,25H,14H2,1H3,(H,27,30)/t21-,22+,25?. The minimum Gasteiger partial charge on any atom is -0.325 e. The number of thioether (sulfide) groups is 1. The van der Waals surface area contributed by atoms with Crippen molar-refractivity contribution in [3.63, 3.8) is 0 Å². The van der Waals surface area contributed by atoms with Gasteiger partial charge in [0.15, 0.2) is 0 Å². The van der Waals surface area contributed by atoms with Gasteiger partial charge in [-0.05, 0) is 59.9 Å². The highest BCUT2D eigenvalue weighted by molar-refractivity contribution is 7.98. The van der Waals surface area contributed by atoms with Crippen LogP contribution in [0.25, 0.3) is 0 Å². The van der Waals surface area contributed by atoms with E-state index in [4.69, 9.17) is 0 Å². The molecule has 1 amide bonds. The van der Waals surface area contributed by atoms with Gasteiger partial charge in [0.05, 0.1) is 11.6 Å². The lowest BCUT2D eigenvalue weighted by Crippen LogP contribution is -2.42. The zero-order valence-electron chi connectivity index (χ0n) is 17.2. The molecule has 1 aliphatic rings. The molecule has 156 valence electrons. The van der Waals surface area contributed by atoms with Crippen molar-refractivity contribution >= 4 is 35.9 Å². The highest BCUT2D eigenvalue weighted by Crippen LogP contribution is 2.53. The summed E-state index contributed by atoms with van der Waals surface area (Å²) in [6.45, 7) is 0. The SMILES string of the molecule is CSc1ccccc1NC(=O)C1[C@@H](c2cccc(C=O)c2)C[C@H]1c1cccc(C=O)c1. The van der Waals surface area contributed by atoms with E-state index in [1.54, 1.807) is 23.9 Å². The highest BCUT2D eigenvalue weighted by Gasteiger charge is 2.47. The Morgan fingerprint density at radius 1 is 0.871 bits per heavy atom. The molecule has 1 N–H and O–H groups in total. The average Bonchev–Trinajstić information content (AvgIpc) is 2.79. The first-order chi connectivity index (χ1) is 15.1. The van der Waals surface area contributed by atoms with Crippen molar-refractivity contribution in [1.82, 2.24) is 0 Å². The quantitative estimate of drug-likeness (QED) is 0.395. The number of nitrogens with one attached hydrogen (secondary N) is 1. The summed E-state index contributed by atoms with van der Waals surface area (Å²) in [7, 11) is 0. The summed E-state index contributed by atoms with van der Waals surface area (Å²) in [6, 6.07) is 22.7. The molecule has 4 nitrogen and oxygen atoms in total. The first-order valence-electron chi connectivity index (χ1n) is 10.2. The van der Waals surface area contributed by atoms with E-state index in [0.29, 0.717) is 11.1 Å². The number of rotatable bonds is 7. The van der Waals surface area contributed by atoms with Crippen LogP contribution in [0.3, 0.4) is 0 Å². The summed E-state index contributed by atoms with van der Waals surface area (Å²) in [5.74, 6) is -0.327. The molecule has 1 saturated carbocycles. The fourth-order valence-corrected chi connectivity index (χ4v) is 4.95. The molecule has 5 heteroatoms. The Kier molecular flexibility index (Phi) is 6.33. The Morgan fingerprint density at radius 3 is 2.00 bits per heavy atom. The minimum atomic E-state index is -0.293. The second kappa shape index (κ2) is 9.31. The lowest BCUT2D eigenvalue weighted by atomic mass is 9.59. The second-order valence-corrected chi connectivity index (χ2v) is 8.59. The number of hydrogen-bond donors (Lipinski definition) is 1. The highest BCUT2D eigenvalue weighted by atomic mass is 32.2. The number of carbonyl (C=O) groups excluding carboxylic acids is 3. The fourth-order valence-electron chi connectivity index (χ4n) is 4.39. The predicted molar refractivity (Wildman–Crippen MR) is 124 cm³/mol. The van der Waals surface area contributed by atoms with Crippen molar-refractivity contribution in [3.05, 3.63) is 95.1 Å². The number of benzene rings is 3. The summed E-state index contributed by atoms with van der Waals surface area (Å²) in [5.41, 5.74) is 4.00. The second-order valence-electron chi connectivity index (χ2n) is 7.74. The Labute approximate surface area is 186 Å². The molecule has 0 spiro atoms. The van der Waals surface area contributed by atoms with E-state index < -0.39 is 0 Å². The number of hydrogen-bond acceptors (Lipinski definition) is 4. The van der Waals surface area contributed by atoms with Crippen LogP contribution in [0.2, 0.25) is 0 Å². The molecule has 0 heterocycles. The molecule has 3 aromatic rings. The van der Waals surface area contributed by atoms with Gasteiger partial charge in [-0.3, -0.25) is 14.4 Å². The first-order valence-corrected chi connectivity index (χ1v) is 11.4. The molecular formula is C26H23NO3S. The van der Waals surface area contributed by atoms with Gasteiger partial charge >= 0.3 is 0 Å². The minimum absolute atomic E-state index is 0.00577. The van der Waals surface area contributed by atoms with Gasteiger partial charge in [0.25, 0.3) is 0 Å². The van der Waals surface area contributed by atoms with Gasteiger partial charge in [0, 0.05) is 16.0 Å². The summed E-state index contributed by atoms with van der Waals surface area (Å²) >= 11 is 1.59. The Bertz CT molecular complexity index is 1070. The Balaban J connectivity index is 1.67. The van der Waals surface area contributed by atoms with Crippen molar-refractivity contribution in [2.24, 2.45) is 5.92 Å². The van der Waals surface area contributed by atoms with Gasteiger partial charge in [-0.1, -0.05) is 48.5 Å². The van der Waals surface area contributed by atoms with Crippen molar-refractivity contribution in [2.45, 2.75) is 23.2 Å². The lowest BCUT2D eigenvalue weighted by Gasteiger charge is -2.44.